The average molecular weight is 378 g/mol. The zero-order chi connectivity index (χ0) is 20.1. The van der Waals surface area contributed by atoms with Crippen molar-refractivity contribution in [3.8, 4) is 0 Å². The van der Waals surface area contributed by atoms with E-state index >= 15 is 0 Å². The lowest BCUT2D eigenvalue weighted by Crippen LogP contribution is -2.18. The number of amides is 1. The van der Waals surface area contributed by atoms with Crippen molar-refractivity contribution in [2.45, 2.75) is 27.2 Å². The predicted molar refractivity (Wildman–Crippen MR) is 109 cm³/mol. The van der Waals surface area contributed by atoms with E-state index in [1.54, 1.807) is 31.2 Å². The van der Waals surface area contributed by atoms with Crippen LogP contribution in [0.4, 0.5) is 16.0 Å². The maximum absolute atomic E-state index is 13.7. The number of anilines is 2. The lowest BCUT2D eigenvalue weighted by atomic mass is 10.1. The third-order valence-corrected chi connectivity index (χ3v) is 4.44. The van der Waals surface area contributed by atoms with Gasteiger partial charge in [-0.1, -0.05) is 36.4 Å². The molecular formula is C22H23FN4O. The molecule has 0 spiro atoms. The summed E-state index contributed by atoms with van der Waals surface area (Å²) in [5, 5.41) is 6.01. The Bertz CT molecular complexity index is 983. The predicted octanol–water partition coefficient (Wildman–Crippen LogP) is 4.45. The zero-order valence-corrected chi connectivity index (χ0v) is 16.2. The number of nitrogens with one attached hydrogen (secondary N) is 2. The van der Waals surface area contributed by atoms with E-state index in [2.05, 4.69) is 20.6 Å². The van der Waals surface area contributed by atoms with Gasteiger partial charge in [0, 0.05) is 17.9 Å². The number of aromatic nitrogens is 2. The summed E-state index contributed by atoms with van der Waals surface area (Å²) < 4.78 is 13.7. The SMILES string of the molecule is Cc1cc(C(=O)Nc2c(C)cccc2C)nc(NCCc2ccccc2F)n1. The molecule has 0 fully saturated rings. The number of hydrogen-bond acceptors (Lipinski definition) is 4. The van der Waals surface area contributed by atoms with Gasteiger partial charge in [-0.2, -0.15) is 0 Å². The van der Waals surface area contributed by atoms with Crippen LogP contribution in [0.1, 0.15) is 32.9 Å². The summed E-state index contributed by atoms with van der Waals surface area (Å²) in [6.45, 7) is 6.16. The minimum Gasteiger partial charge on any atom is -0.354 e. The van der Waals surface area contributed by atoms with Crippen LogP contribution in [-0.2, 0) is 6.42 Å². The molecule has 2 N–H and O–H groups in total. The molecule has 3 aromatic rings. The van der Waals surface area contributed by atoms with Gasteiger partial charge in [0.1, 0.15) is 11.5 Å². The van der Waals surface area contributed by atoms with Gasteiger partial charge in [0.15, 0.2) is 0 Å². The number of para-hydroxylation sites is 1. The van der Waals surface area contributed by atoms with Crippen molar-refractivity contribution in [1.82, 2.24) is 9.97 Å². The van der Waals surface area contributed by atoms with Gasteiger partial charge in [-0.15, -0.1) is 0 Å². The van der Waals surface area contributed by atoms with Crippen molar-refractivity contribution < 1.29 is 9.18 Å². The Morgan fingerprint density at radius 3 is 2.43 bits per heavy atom. The fourth-order valence-corrected chi connectivity index (χ4v) is 2.96. The van der Waals surface area contributed by atoms with Crippen molar-refractivity contribution in [1.29, 1.82) is 0 Å². The number of rotatable bonds is 6. The standard InChI is InChI=1S/C22H23FN4O/c1-14-7-6-8-15(2)20(14)27-21(28)19-13-16(3)25-22(26-19)24-12-11-17-9-4-5-10-18(17)23/h4-10,13H,11-12H2,1-3H3,(H,27,28)(H,24,25,26). The Morgan fingerprint density at radius 1 is 1.00 bits per heavy atom. The molecule has 0 aliphatic carbocycles. The molecule has 1 amide bonds. The van der Waals surface area contributed by atoms with Crippen molar-refractivity contribution >= 4 is 17.5 Å². The Balaban J connectivity index is 1.70. The molecule has 5 nitrogen and oxygen atoms in total. The molecule has 28 heavy (non-hydrogen) atoms. The molecule has 0 aliphatic rings. The zero-order valence-electron chi connectivity index (χ0n) is 16.2. The third-order valence-electron chi connectivity index (χ3n) is 4.44. The summed E-state index contributed by atoms with van der Waals surface area (Å²) in [5.41, 5.74) is 4.34. The Morgan fingerprint density at radius 2 is 1.71 bits per heavy atom. The first kappa shape index (κ1) is 19.5. The minimum absolute atomic E-state index is 0.233. The van der Waals surface area contributed by atoms with E-state index in [1.165, 1.54) is 6.07 Å². The third kappa shape index (κ3) is 4.71. The van der Waals surface area contributed by atoms with E-state index in [0.717, 1.165) is 16.8 Å². The van der Waals surface area contributed by atoms with E-state index in [0.29, 0.717) is 30.2 Å². The molecule has 3 rings (SSSR count). The fourth-order valence-electron chi connectivity index (χ4n) is 2.96. The van der Waals surface area contributed by atoms with Gasteiger partial charge in [-0.25, -0.2) is 14.4 Å². The van der Waals surface area contributed by atoms with Gasteiger partial charge < -0.3 is 10.6 Å². The van der Waals surface area contributed by atoms with Crippen LogP contribution in [0.25, 0.3) is 0 Å². The maximum atomic E-state index is 13.7. The molecule has 0 atom stereocenters. The van der Waals surface area contributed by atoms with Crippen LogP contribution in [0.2, 0.25) is 0 Å². The number of carbonyl (C=O) groups is 1. The van der Waals surface area contributed by atoms with Crippen LogP contribution in [0, 0.1) is 26.6 Å². The lowest BCUT2D eigenvalue weighted by Gasteiger charge is -2.12. The van der Waals surface area contributed by atoms with Gasteiger partial charge in [0.05, 0.1) is 0 Å². The first-order chi connectivity index (χ1) is 13.4. The molecule has 144 valence electrons. The first-order valence-electron chi connectivity index (χ1n) is 9.14. The molecule has 2 aromatic carbocycles. The van der Waals surface area contributed by atoms with Crippen LogP contribution in [0.3, 0.4) is 0 Å². The van der Waals surface area contributed by atoms with Crippen molar-refractivity contribution in [2.75, 3.05) is 17.2 Å². The van der Waals surface area contributed by atoms with Crippen LogP contribution in [-0.4, -0.2) is 22.4 Å². The Kier molecular flexibility index (Phi) is 5.99. The van der Waals surface area contributed by atoms with Crippen molar-refractivity contribution in [2.24, 2.45) is 0 Å². The van der Waals surface area contributed by atoms with Crippen LogP contribution in [0.15, 0.2) is 48.5 Å². The van der Waals surface area contributed by atoms with Crippen molar-refractivity contribution in [3.63, 3.8) is 0 Å². The fraction of sp³-hybridized carbons (Fsp3) is 0.227. The number of aryl methyl sites for hydroxylation is 3. The quantitative estimate of drug-likeness (QED) is 0.665. The molecule has 0 saturated carbocycles. The lowest BCUT2D eigenvalue weighted by molar-refractivity contribution is 0.102. The highest BCUT2D eigenvalue weighted by molar-refractivity contribution is 6.03. The largest absolute Gasteiger partial charge is 0.354 e. The van der Waals surface area contributed by atoms with Crippen molar-refractivity contribution in [3.05, 3.63) is 82.4 Å². The molecular weight excluding hydrogens is 355 g/mol. The molecule has 0 radical (unpaired) electrons. The normalized spacial score (nSPS) is 10.6. The molecule has 0 saturated heterocycles. The molecule has 0 unspecified atom stereocenters. The van der Waals surface area contributed by atoms with Gasteiger partial charge in [-0.3, -0.25) is 4.79 Å². The van der Waals surface area contributed by atoms with E-state index in [1.807, 2.05) is 32.0 Å². The highest BCUT2D eigenvalue weighted by Gasteiger charge is 2.13. The second kappa shape index (κ2) is 8.61. The highest BCUT2D eigenvalue weighted by atomic mass is 19.1. The second-order valence-electron chi connectivity index (χ2n) is 6.71. The number of hydrogen-bond donors (Lipinski definition) is 2. The highest BCUT2D eigenvalue weighted by Crippen LogP contribution is 2.20. The monoisotopic (exact) mass is 378 g/mol. The first-order valence-corrected chi connectivity index (χ1v) is 9.14. The number of halogens is 1. The summed E-state index contributed by atoms with van der Waals surface area (Å²) >= 11 is 0. The van der Waals surface area contributed by atoms with Gasteiger partial charge in [0.25, 0.3) is 5.91 Å². The number of benzene rings is 2. The summed E-state index contributed by atoms with van der Waals surface area (Å²) in [6, 6.07) is 14.1. The van der Waals surface area contributed by atoms with Crippen LogP contribution < -0.4 is 10.6 Å². The van der Waals surface area contributed by atoms with E-state index < -0.39 is 0 Å². The average Bonchev–Trinajstić information content (AvgIpc) is 2.66. The van der Waals surface area contributed by atoms with E-state index in [9.17, 15) is 9.18 Å². The van der Waals surface area contributed by atoms with Crippen LogP contribution in [0.5, 0.6) is 0 Å². The molecule has 0 bridgehead atoms. The van der Waals surface area contributed by atoms with E-state index in [4.69, 9.17) is 0 Å². The number of carbonyl (C=O) groups excluding carboxylic acids is 1. The summed E-state index contributed by atoms with van der Waals surface area (Å²) in [7, 11) is 0. The van der Waals surface area contributed by atoms with Gasteiger partial charge in [-0.05, 0) is 56.0 Å². The molecule has 0 aliphatic heterocycles. The molecule has 1 heterocycles. The molecule has 6 heteroatoms. The smallest absolute Gasteiger partial charge is 0.274 e. The van der Waals surface area contributed by atoms with E-state index in [-0.39, 0.29) is 17.4 Å². The minimum atomic E-state index is -0.292. The summed E-state index contributed by atoms with van der Waals surface area (Å²) in [5.74, 6) is -0.175. The van der Waals surface area contributed by atoms with Crippen LogP contribution >= 0.6 is 0 Å². The summed E-state index contributed by atoms with van der Waals surface area (Å²) in [4.78, 5) is 21.3. The maximum Gasteiger partial charge on any atom is 0.274 e. The number of nitrogens with zero attached hydrogens (tertiary/aromatic N) is 2. The van der Waals surface area contributed by atoms with Gasteiger partial charge in [0.2, 0.25) is 5.95 Å². The second-order valence-corrected chi connectivity index (χ2v) is 6.71. The Hall–Kier alpha value is -3.28. The van der Waals surface area contributed by atoms with Gasteiger partial charge >= 0.3 is 0 Å². The molecule has 1 aromatic heterocycles. The summed E-state index contributed by atoms with van der Waals surface area (Å²) in [6.07, 6.45) is 0.494. The topological polar surface area (TPSA) is 66.9 Å². The Labute approximate surface area is 164 Å².